The van der Waals surface area contributed by atoms with Crippen molar-refractivity contribution in [3.63, 3.8) is 0 Å². The first-order valence-electron chi connectivity index (χ1n) is 7.29. The van der Waals surface area contributed by atoms with Gasteiger partial charge in [-0.1, -0.05) is 23.7 Å². The number of aromatic nitrogens is 2. The highest BCUT2D eigenvalue weighted by Gasteiger charge is 2.09. The molecule has 0 atom stereocenters. The predicted molar refractivity (Wildman–Crippen MR) is 90.3 cm³/mol. The lowest BCUT2D eigenvalue weighted by atomic mass is 10.1. The number of nitrogens with zero attached hydrogens (tertiary/aromatic N) is 2. The van der Waals surface area contributed by atoms with Gasteiger partial charge in [-0.3, -0.25) is 5.10 Å². The quantitative estimate of drug-likeness (QED) is 0.730. The van der Waals surface area contributed by atoms with Gasteiger partial charge in [0, 0.05) is 35.8 Å². The number of anilines is 1. The minimum absolute atomic E-state index is 0.186. The molecule has 2 N–H and O–H groups in total. The Morgan fingerprint density at radius 3 is 2.73 bits per heavy atom. The van der Waals surface area contributed by atoms with E-state index in [9.17, 15) is 0 Å². The van der Waals surface area contributed by atoms with Crippen molar-refractivity contribution in [3.05, 3.63) is 59.2 Å². The number of fused-ring (bicyclic) bond motifs is 1. The molecule has 0 fully saturated rings. The van der Waals surface area contributed by atoms with Crippen molar-refractivity contribution in [2.45, 2.75) is 13.0 Å². The highest BCUT2D eigenvalue weighted by Crippen LogP contribution is 2.23. The maximum absolute atomic E-state index is 9.14. The molecule has 0 saturated heterocycles. The van der Waals surface area contributed by atoms with E-state index in [4.69, 9.17) is 16.7 Å². The monoisotopic (exact) mass is 315 g/mol. The minimum Gasteiger partial charge on any atom is -0.396 e. The maximum Gasteiger partial charge on any atom is 0.0651 e. The van der Waals surface area contributed by atoms with E-state index in [-0.39, 0.29) is 6.61 Å². The number of benzene rings is 2. The lowest BCUT2D eigenvalue weighted by molar-refractivity contribution is 0.289. The van der Waals surface area contributed by atoms with Gasteiger partial charge in [0.1, 0.15) is 0 Å². The number of aliphatic hydroxyl groups is 1. The average Bonchev–Trinajstić information content (AvgIpc) is 3.01. The minimum atomic E-state index is 0.186. The maximum atomic E-state index is 9.14. The van der Waals surface area contributed by atoms with E-state index in [0.29, 0.717) is 0 Å². The Balaban J connectivity index is 1.85. The van der Waals surface area contributed by atoms with Gasteiger partial charge < -0.3 is 10.0 Å². The summed E-state index contributed by atoms with van der Waals surface area (Å²) in [4.78, 5) is 2.26. The van der Waals surface area contributed by atoms with Crippen molar-refractivity contribution in [2.24, 2.45) is 0 Å². The van der Waals surface area contributed by atoms with Crippen LogP contribution in [0.1, 0.15) is 12.0 Å². The van der Waals surface area contributed by atoms with Crippen LogP contribution in [0.2, 0.25) is 5.02 Å². The molecule has 3 rings (SSSR count). The molecule has 4 nitrogen and oxygen atoms in total. The second-order valence-electron chi connectivity index (χ2n) is 5.27. The highest BCUT2D eigenvalue weighted by molar-refractivity contribution is 6.30. The number of nitrogens with one attached hydrogen (secondary N) is 1. The van der Waals surface area contributed by atoms with Gasteiger partial charge in [-0.15, -0.1) is 0 Å². The molecule has 0 saturated carbocycles. The fraction of sp³-hybridized carbons (Fsp3) is 0.235. The van der Waals surface area contributed by atoms with Crippen LogP contribution in [0.15, 0.2) is 48.7 Å². The third kappa shape index (κ3) is 3.40. The van der Waals surface area contributed by atoms with Crippen LogP contribution in [0.25, 0.3) is 10.9 Å². The molecule has 114 valence electrons. The number of aliphatic hydroxyl groups excluding tert-OH is 1. The van der Waals surface area contributed by atoms with E-state index in [1.54, 1.807) is 0 Å². The van der Waals surface area contributed by atoms with Crippen LogP contribution in [-0.4, -0.2) is 28.5 Å². The number of hydrogen-bond acceptors (Lipinski definition) is 3. The standard InChI is InChI=1S/C17H18ClN3O/c18-15-4-2-13(3-5-15)12-21(8-1-9-22)16-6-7-17-14(10-16)11-19-20-17/h2-7,10-11,22H,1,8-9,12H2,(H,19,20). The third-order valence-corrected chi connectivity index (χ3v) is 3.91. The van der Waals surface area contributed by atoms with Crippen LogP contribution in [0.4, 0.5) is 5.69 Å². The smallest absolute Gasteiger partial charge is 0.0651 e. The Hall–Kier alpha value is -2.04. The van der Waals surface area contributed by atoms with Gasteiger partial charge in [0.25, 0.3) is 0 Å². The number of rotatable bonds is 6. The Morgan fingerprint density at radius 1 is 1.14 bits per heavy atom. The topological polar surface area (TPSA) is 52.1 Å². The first kappa shape index (κ1) is 14.9. The zero-order valence-electron chi connectivity index (χ0n) is 12.2. The fourth-order valence-corrected chi connectivity index (χ4v) is 2.62. The molecular weight excluding hydrogens is 298 g/mol. The van der Waals surface area contributed by atoms with Gasteiger partial charge in [0.2, 0.25) is 0 Å². The molecule has 0 aliphatic rings. The molecule has 0 aliphatic heterocycles. The summed E-state index contributed by atoms with van der Waals surface area (Å²) >= 11 is 5.94. The van der Waals surface area contributed by atoms with Crippen LogP contribution >= 0.6 is 11.6 Å². The molecule has 1 aromatic heterocycles. The summed E-state index contributed by atoms with van der Waals surface area (Å²) in [6.07, 6.45) is 2.56. The summed E-state index contributed by atoms with van der Waals surface area (Å²) in [5, 5.41) is 18.0. The Labute approximate surface area is 134 Å². The molecule has 3 aromatic rings. The van der Waals surface area contributed by atoms with Crippen molar-refractivity contribution >= 4 is 28.2 Å². The number of hydrogen-bond donors (Lipinski definition) is 2. The first-order chi connectivity index (χ1) is 10.8. The number of aromatic amines is 1. The van der Waals surface area contributed by atoms with Gasteiger partial charge in [0.15, 0.2) is 0 Å². The average molecular weight is 316 g/mol. The normalized spacial score (nSPS) is 11.0. The molecule has 0 radical (unpaired) electrons. The van der Waals surface area contributed by atoms with Crippen LogP contribution < -0.4 is 4.90 Å². The summed E-state index contributed by atoms with van der Waals surface area (Å²) in [6, 6.07) is 14.1. The van der Waals surface area contributed by atoms with Gasteiger partial charge in [-0.2, -0.15) is 5.10 Å². The van der Waals surface area contributed by atoms with Gasteiger partial charge in [-0.05, 0) is 42.3 Å². The van der Waals surface area contributed by atoms with Crippen LogP contribution in [0.3, 0.4) is 0 Å². The summed E-state index contributed by atoms with van der Waals surface area (Å²) in [6.45, 7) is 1.76. The lowest BCUT2D eigenvalue weighted by Crippen LogP contribution is -2.24. The molecule has 0 aliphatic carbocycles. The van der Waals surface area contributed by atoms with Gasteiger partial charge >= 0.3 is 0 Å². The molecule has 5 heteroatoms. The Morgan fingerprint density at radius 2 is 1.95 bits per heavy atom. The largest absolute Gasteiger partial charge is 0.396 e. The zero-order chi connectivity index (χ0) is 15.4. The van der Waals surface area contributed by atoms with E-state index >= 15 is 0 Å². The van der Waals surface area contributed by atoms with Crippen molar-refractivity contribution < 1.29 is 5.11 Å². The van der Waals surface area contributed by atoms with E-state index in [1.165, 1.54) is 5.56 Å². The summed E-state index contributed by atoms with van der Waals surface area (Å²) < 4.78 is 0. The van der Waals surface area contributed by atoms with Crippen molar-refractivity contribution in [2.75, 3.05) is 18.1 Å². The SMILES string of the molecule is OCCCN(Cc1ccc(Cl)cc1)c1ccc2[nH]ncc2c1. The first-order valence-corrected chi connectivity index (χ1v) is 7.67. The van der Waals surface area contributed by atoms with Crippen molar-refractivity contribution in [3.8, 4) is 0 Å². The third-order valence-electron chi connectivity index (χ3n) is 3.66. The highest BCUT2D eigenvalue weighted by atomic mass is 35.5. The molecule has 22 heavy (non-hydrogen) atoms. The Kier molecular flexibility index (Phi) is 4.61. The van der Waals surface area contributed by atoms with Gasteiger partial charge in [-0.25, -0.2) is 0 Å². The molecule has 0 bridgehead atoms. The predicted octanol–water partition coefficient (Wildman–Crippen LogP) is 3.61. The van der Waals surface area contributed by atoms with E-state index in [1.807, 2.05) is 36.5 Å². The van der Waals surface area contributed by atoms with Crippen molar-refractivity contribution in [1.29, 1.82) is 0 Å². The van der Waals surface area contributed by atoms with Crippen LogP contribution in [0.5, 0.6) is 0 Å². The molecular formula is C17H18ClN3O. The zero-order valence-corrected chi connectivity index (χ0v) is 12.9. The molecule has 0 spiro atoms. The fourth-order valence-electron chi connectivity index (χ4n) is 2.50. The molecule has 2 aromatic carbocycles. The summed E-state index contributed by atoms with van der Waals surface area (Å²) in [5.41, 5.74) is 3.34. The summed E-state index contributed by atoms with van der Waals surface area (Å²) in [5.74, 6) is 0. The Bertz CT molecular complexity index is 739. The molecule has 0 amide bonds. The number of H-pyrrole nitrogens is 1. The second kappa shape index (κ2) is 6.81. The molecule has 0 unspecified atom stereocenters. The van der Waals surface area contributed by atoms with E-state index < -0.39 is 0 Å². The van der Waals surface area contributed by atoms with Crippen molar-refractivity contribution in [1.82, 2.24) is 10.2 Å². The van der Waals surface area contributed by atoms with Gasteiger partial charge in [0.05, 0.1) is 11.7 Å². The summed E-state index contributed by atoms with van der Waals surface area (Å²) in [7, 11) is 0. The van der Waals surface area contributed by atoms with Crippen LogP contribution in [-0.2, 0) is 6.54 Å². The second-order valence-corrected chi connectivity index (χ2v) is 5.70. The number of halogens is 1. The van der Waals surface area contributed by atoms with E-state index in [0.717, 1.165) is 41.1 Å². The molecule has 1 heterocycles. The van der Waals surface area contributed by atoms with Crippen LogP contribution in [0, 0.1) is 0 Å². The lowest BCUT2D eigenvalue weighted by Gasteiger charge is -2.25. The van der Waals surface area contributed by atoms with E-state index in [2.05, 4.69) is 27.2 Å².